The molecule has 2 bridgehead atoms. The number of aromatic nitrogens is 2. The van der Waals surface area contributed by atoms with Gasteiger partial charge in [-0.15, -0.1) is 0 Å². The summed E-state index contributed by atoms with van der Waals surface area (Å²) in [5.41, 5.74) is 7.22. The quantitative estimate of drug-likeness (QED) is 0.823. The first-order chi connectivity index (χ1) is 7.78. The lowest BCUT2D eigenvalue weighted by Crippen LogP contribution is -2.39. The van der Waals surface area contributed by atoms with E-state index in [0.29, 0.717) is 12.6 Å². The van der Waals surface area contributed by atoms with Crippen LogP contribution in [0.3, 0.4) is 0 Å². The maximum absolute atomic E-state index is 5.95. The van der Waals surface area contributed by atoms with Gasteiger partial charge in [-0.3, -0.25) is 9.58 Å². The summed E-state index contributed by atoms with van der Waals surface area (Å²) in [6.07, 6.45) is 8.23. The molecule has 16 heavy (non-hydrogen) atoms. The van der Waals surface area contributed by atoms with Gasteiger partial charge in [-0.25, -0.2) is 0 Å². The van der Waals surface area contributed by atoms with Crippen molar-refractivity contribution in [3.8, 4) is 0 Å². The van der Waals surface area contributed by atoms with Crippen LogP contribution in [0.5, 0.6) is 0 Å². The summed E-state index contributed by atoms with van der Waals surface area (Å²) in [4.78, 5) is 2.60. The molecule has 88 valence electrons. The molecule has 1 saturated heterocycles. The van der Waals surface area contributed by atoms with Gasteiger partial charge in [0.15, 0.2) is 0 Å². The molecule has 0 spiro atoms. The first-order valence-electron chi connectivity index (χ1n) is 6.22. The van der Waals surface area contributed by atoms with Crippen molar-refractivity contribution in [3.05, 3.63) is 18.0 Å². The topological polar surface area (TPSA) is 47.1 Å². The highest BCUT2D eigenvalue weighted by Crippen LogP contribution is 2.41. The van der Waals surface area contributed by atoms with Crippen molar-refractivity contribution in [1.29, 1.82) is 0 Å². The molecule has 3 rings (SSSR count). The van der Waals surface area contributed by atoms with Crippen LogP contribution in [0.2, 0.25) is 0 Å². The number of nitrogens with two attached hydrogens (primary N) is 1. The number of piperidine rings is 1. The summed E-state index contributed by atoms with van der Waals surface area (Å²) in [5, 5.41) is 4.25. The average molecular weight is 220 g/mol. The summed E-state index contributed by atoms with van der Waals surface area (Å²) < 4.78 is 1.87. The minimum absolute atomic E-state index is 0.379. The van der Waals surface area contributed by atoms with Crippen LogP contribution in [0.1, 0.15) is 30.9 Å². The van der Waals surface area contributed by atoms with Crippen LogP contribution in [0.25, 0.3) is 0 Å². The molecule has 1 aromatic rings. The van der Waals surface area contributed by atoms with Crippen molar-refractivity contribution in [3.63, 3.8) is 0 Å². The Kier molecular flexibility index (Phi) is 2.48. The number of nitrogens with zero attached hydrogens (tertiary/aromatic N) is 3. The monoisotopic (exact) mass is 220 g/mol. The van der Waals surface area contributed by atoms with Gasteiger partial charge in [0.1, 0.15) is 0 Å². The Bertz CT molecular complexity index is 373. The predicted octanol–water partition coefficient (Wildman–Crippen LogP) is 0.904. The fraction of sp³-hybridized carbons (Fsp3) is 0.750. The molecule has 0 aromatic carbocycles. The first kappa shape index (κ1) is 10.3. The SMILES string of the molecule is Cn1cc(C(CN)N2CC3CCC2C3)cn1. The summed E-state index contributed by atoms with van der Waals surface area (Å²) in [6, 6.07) is 1.16. The zero-order chi connectivity index (χ0) is 11.1. The van der Waals surface area contributed by atoms with Gasteiger partial charge in [0.2, 0.25) is 0 Å². The fourth-order valence-electron chi connectivity index (χ4n) is 3.42. The maximum Gasteiger partial charge on any atom is 0.0538 e. The number of likely N-dealkylation sites (tertiary alicyclic amines) is 1. The molecule has 1 saturated carbocycles. The molecule has 0 radical (unpaired) electrons. The molecular formula is C12H20N4. The molecule has 3 atom stereocenters. The van der Waals surface area contributed by atoms with Gasteiger partial charge >= 0.3 is 0 Å². The van der Waals surface area contributed by atoms with E-state index in [0.717, 1.165) is 12.0 Å². The predicted molar refractivity (Wildman–Crippen MR) is 62.8 cm³/mol. The standard InChI is InChI=1S/C12H20N4/c1-15-8-10(6-14-15)12(5-13)16-7-9-2-3-11(16)4-9/h6,8-9,11-12H,2-5,7,13H2,1H3. The second kappa shape index (κ2) is 3.86. The number of fused-ring (bicyclic) bond motifs is 2. The molecule has 2 fully saturated rings. The Labute approximate surface area is 96.4 Å². The lowest BCUT2D eigenvalue weighted by Gasteiger charge is -2.33. The van der Waals surface area contributed by atoms with Crippen LogP contribution in [-0.2, 0) is 7.05 Å². The summed E-state index contributed by atoms with van der Waals surface area (Å²) >= 11 is 0. The third kappa shape index (κ3) is 1.57. The Hall–Kier alpha value is -0.870. The maximum atomic E-state index is 5.95. The molecule has 0 amide bonds. The minimum atomic E-state index is 0.379. The van der Waals surface area contributed by atoms with Crippen molar-refractivity contribution in [2.75, 3.05) is 13.1 Å². The van der Waals surface area contributed by atoms with Crippen molar-refractivity contribution in [2.45, 2.75) is 31.3 Å². The van der Waals surface area contributed by atoms with Crippen LogP contribution in [0, 0.1) is 5.92 Å². The second-order valence-electron chi connectivity index (χ2n) is 5.23. The van der Waals surface area contributed by atoms with Crippen LogP contribution in [0.4, 0.5) is 0 Å². The zero-order valence-electron chi connectivity index (χ0n) is 9.84. The molecule has 2 N–H and O–H groups in total. The smallest absolute Gasteiger partial charge is 0.0538 e. The van der Waals surface area contributed by atoms with Gasteiger partial charge in [0.05, 0.1) is 12.2 Å². The zero-order valence-corrected chi connectivity index (χ0v) is 9.84. The van der Waals surface area contributed by atoms with E-state index >= 15 is 0 Å². The molecule has 2 aliphatic rings. The van der Waals surface area contributed by atoms with E-state index in [2.05, 4.69) is 16.2 Å². The van der Waals surface area contributed by atoms with Crippen LogP contribution in [0.15, 0.2) is 12.4 Å². The molecule has 1 aliphatic carbocycles. The Morgan fingerprint density at radius 3 is 2.94 bits per heavy atom. The van der Waals surface area contributed by atoms with Gasteiger partial charge in [-0.2, -0.15) is 5.10 Å². The summed E-state index contributed by atoms with van der Waals surface area (Å²) in [5.74, 6) is 0.927. The van der Waals surface area contributed by atoms with Crippen LogP contribution in [-0.4, -0.2) is 33.8 Å². The largest absolute Gasteiger partial charge is 0.329 e. The first-order valence-corrected chi connectivity index (χ1v) is 6.22. The van der Waals surface area contributed by atoms with Crippen LogP contribution >= 0.6 is 0 Å². The molecular weight excluding hydrogens is 200 g/mol. The minimum Gasteiger partial charge on any atom is -0.329 e. The van der Waals surface area contributed by atoms with Gasteiger partial charge < -0.3 is 5.73 Å². The third-order valence-corrected chi connectivity index (χ3v) is 4.18. The van der Waals surface area contributed by atoms with E-state index in [4.69, 9.17) is 5.73 Å². The summed E-state index contributed by atoms with van der Waals surface area (Å²) in [7, 11) is 1.97. The van der Waals surface area contributed by atoms with Crippen molar-refractivity contribution in [2.24, 2.45) is 18.7 Å². The van der Waals surface area contributed by atoms with Crippen LogP contribution < -0.4 is 5.73 Å². The second-order valence-corrected chi connectivity index (χ2v) is 5.23. The number of hydrogen-bond acceptors (Lipinski definition) is 3. The molecule has 4 nitrogen and oxygen atoms in total. The number of rotatable bonds is 3. The van der Waals surface area contributed by atoms with Crippen molar-refractivity contribution in [1.82, 2.24) is 14.7 Å². The van der Waals surface area contributed by atoms with E-state index in [1.165, 1.54) is 31.4 Å². The summed E-state index contributed by atoms with van der Waals surface area (Å²) in [6.45, 7) is 1.94. The Balaban J connectivity index is 1.81. The van der Waals surface area contributed by atoms with E-state index < -0.39 is 0 Å². The molecule has 1 aliphatic heterocycles. The normalized spacial score (nSPS) is 31.1. The molecule has 1 aromatic heterocycles. The van der Waals surface area contributed by atoms with Crippen molar-refractivity contribution >= 4 is 0 Å². The average Bonchev–Trinajstić information content (AvgIpc) is 2.96. The Morgan fingerprint density at radius 2 is 2.44 bits per heavy atom. The molecule has 3 unspecified atom stereocenters. The third-order valence-electron chi connectivity index (χ3n) is 4.18. The van der Waals surface area contributed by atoms with Gasteiger partial charge in [-0.1, -0.05) is 0 Å². The van der Waals surface area contributed by atoms with Gasteiger partial charge in [0, 0.05) is 37.9 Å². The van der Waals surface area contributed by atoms with E-state index in [1.807, 2.05) is 17.9 Å². The number of aryl methyl sites for hydroxylation is 1. The van der Waals surface area contributed by atoms with E-state index in [9.17, 15) is 0 Å². The highest BCUT2D eigenvalue weighted by molar-refractivity contribution is 5.13. The lowest BCUT2D eigenvalue weighted by molar-refractivity contribution is 0.153. The lowest BCUT2D eigenvalue weighted by atomic mass is 10.0. The fourth-order valence-corrected chi connectivity index (χ4v) is 3.42. The van der Waals surface area contributed by atoms with Crippen molar-refractivity contribution < 1.29 is 0 Å². The molecule has 4 heteroatoms. The van der Waals surface area contributed by atoms with E-state index in [-0.39, 0.29) is 0 Å². The van der Waals surface area contributed by atoms with Gasteiger partial charge in [0.25, 0.3) is 0 Å². The molecule has 2 heterocycles. The highest BCUT2D eigenvalue weighted by atomic mass is 15.3. The highest BCUT2D eigenvalue weighted by Gasteiger charge is 2.41. The Morgan fingerprint density at radius 1 is 1.56 bits per heavy atom. The van der Waals surface area contributed by atoms with Gasteiger partial charge in [-0.05, 0) is 25.2 Å². The number of hydrogen-bond donors (Lipinski definition) is 1. The van der Waals surface area contributed by atoms with E-state index in [1.54, 1.807) is 0 Å².